The minimum Gasteiger partial charge on any atom is -0.383 e. The van der Waals surface area contributed by atoms with Crippen molar-refractivity contribution in [2.45, 2.75) is 32.7 Å². The van der Waals surface area contributed by atoms with E-state index in [1.807, 2.05) is 0 Å². The Morgan fingerprint density at radius 2 is 1.86 bits per heavy atom. The summed E-state index contributed by atoms with van der Waals surface area (Å²) < 4.78 is 5.02. The van der Waals surface area contributed by atoms with E-state index in [0.29, 0.717) is 6.61 Å². The molecule has 0 saturated carbocycles. The topological polar surface area (TPSA) is 57.7 Å². The van der Waals surface area contributed by atoms with Crippen LogP contribution < -0.4 is 16.0 Å². The van der Waals surface area contributed by atoms with E-state index in [0.717, 1.165) is 31.3 Å². The summed E-state index contributed by atoms with van der Waals surface area (Å²) >= 11 is 0. The van der Waals surface area contributed by atoms with Gasteiger partial charge in [0.2, 0.25) is 0 Å². The quantitative estimate of drug-likeness (QED) is 0.353. The van der Waals surface area contributed by atoms with Crippen LogP contribution in [-0.2, 0) is 11.3 Å². The Kier molecular flexibility index (Phi) is 9.87. The van der Waals surface area contributed by atoms with Gasteiger partial charge in [-0.05, 0) is 24.1 Å². The second kappa shape index (κ2) is 11.9. The summed E-state index contributed by atoms with van der Waals surface area (Å²) in [7, 11) is 3.51. The smallest absolute Gasteiger partial charge is 0.191 e. The average Bonchev–Trinajstić information content (AvgIpc) is 2.56. The first-order chi connectivity index (χ1) is 10.8. The van der Waals surface area contributed by atoms with E-state index in [1.54, 1.807) is 14.2 Å². The lowest BCUT2D eigenvalue weighted by Gasteiger charge is -2.12. The standard InChI is InChI=1S/C17H30N4O/c1-4-5-6-11-20-17(18-2)21-14-15-7-9-16(10-8-15)19-12-13-22-3/h7-10,19H,4-6,11-14H2,1-3H3,(H2,18,20,21). The summed E-state index contributed by atoms with van der Waals surface area (Å²) in [6, 6.07) is 8.41. The SMILES string of the molecule is CCCCCNC(=NC)NCc1ccc(NCCOC)cc1. The maximum absolute atomic E-state index is 5.02. The van der Waals surface area contributed by atoms with Crippen LogP contribution in [0.1, 0.15) is 31.7 Å². The Labute approximate surface area is 134 Å². The minimum absolute atomic E-state index is 0.712. The van der Waals surface area contributed by atoms with E-state index in [4.69, 9.17) is 4.74 Å². The summed E-state index contributed by atoms with van der Waals surface area (Å²) in [5.74, 6) is 0.860. The second-order valence-corrected chi connectivity index (χ2v) is 5.18. The van der Waals surface area contributed by atoms with Gasteiger partial charge in [-0.2, -0.15) is 0 Å². The number of hydrogen-bond donors (Lipinski definition) is 3. The van der Waals surface area contributed by atoms with Gasteiger partial charge in [0, 0.05) is 39.5 Å². The fourth-order valence-corrected chi connectivity index (χ4v) is 2.03. The number of aliphatic imine (C=N–C) groups is 1. The molecule has 0 unspecified atom stereocenters. The van der Waals surface area contributed by atoms with Gasteiger partial charge >= 0.3 is 0 Å². The molecule has 1 aromatic rings. The largest absolute Gasteiger partial charge is 0.383 e. The minimum atomic E-state index is 0.712. The van der Waals surface area contributed by atoms with Gasteiger partial charge < -0.3 is 20.7 Å². The first-order valence-electron chi connectivity index (χ1n) is 8.06. The summed E-state index contributed by atoms with van der Waals surface area (Å²) in [4.78, 5) is 4.24. The number of unbranched alkanes of at least 4 members (excludes halogenated alkanes) is 2. The monoisotopic (exact) mass is 306 g/mol. The number of ether oxygens (including phenoxy) is 1. The average molecular weight is 306 g/mol. The van der Waals surface area contributed by atoms with E-state index in [1.165, 1.54) is 24.8 Å². The van der Waals surface area contributed by atoms with Gasteiger partial charge in [0.1, 0.15) is 0 Å². The highest BCUT2D eigenvalue weighted by Crippen LogP contribution is 2.08. The molecule has 22 heavy (non-hydrogen) atoms. The lowest BCUT2D eigenvalue weighted by molar-refractivity contribution is 0.211. The van der Waals surface area contributed by atoms with Crippen LogP contribution in [0.2, 0.25) is 0 Å². The van der Waals surface area contributed by atoms with Crippen molar-refractivity contribution < 1.29 is 4.74 Å². The molecule has 3 N–H and O–H groups in total. The molecule has 124 valence electrons. The zero-order valence-corrected chi connectivity index (χ0v) is 14.1. The van der Waals surface area contributed by atoms with Gasteiger partial charge in [0.05, 0.1) is 6.61 Å². The molecule has 0 aliphatic heterocycles. The molecule has 0 aliphatic carbocycles. The van der Waals surface area contributed by atoms with Crippen LogP contribution in [0.3, 0.4) is 0 Å². The number of methoxy groups -OCH3 is 1. The Morgan fingerprint density at radius 1 is 1.09 bits per heavy atom. The van der Waals surface area contributed by atoms with E-state index in [9.17, 15) is 0 Å². The van der Waals surface area contributed by atoms with Gasteiger partial charge in [-0.1, -0.05) is 31.9 Å². The maximum Gasteiger partial charge on any atom is 0.191 e. The molecular formula is C17H30N4O. The Balaban J connectivity index is 2.30. The van der Waals surface area contributed by atoms with Crippen molar-refractivity contribution in [3.05, 3.63) is 29.8 Å². The van der Waals surface area contributed by atoms with Gasteiger partial charge in [-0.3, -0.25) is 4.99 Å². The first kappa shape index (κ1) is 18.3. The van der Waals surface area contributed by atoms with Crippen molar-refractivity contribution in [3.8, 4) is 0 Å². The predicted octanol–water partition coefficient (Wildman–Crippen LogP) is 2.60. The Morgan fingerprint density at radius 3 is 2.50 bits per heavy atom. The molecular weight excluding hydrogens is 276 g/mol. The van der Waals surface area contributed by atoms with Crippen LogP contribution in [0.4, 0.5) is 5.69 Å². The number of hydrogen-bond acceptors (Lipinski definition) is 3. The van der Waals surface area contributed by atoms with Gasteiger partial charge in [-0.15, -0.1) is 0 Å². The van der Waals surface area contributed by atoms with Crippen molar-refractivity contribution in [3.63, 3.8) is 0 Å². The van der Waals surface area contributed by atoms with Crippen LogP contribution in [0.5, 0.6) is 0 Å². The summed E-state index contributed by atoms with van der Waals surface area (Å²) in [5, 5.41) is 9.97. The van der Waals surface area contributed by atoms with E-state index in [-0.39, 0.29) is 0 Å². The number of rotatable bonds is 10. The van der Waals surface area contributed by atoms with E-state index in [2.05, 4.69) is 52.1 Å². The van der Waals surface area contributed by atoms with Crippen molar-refractivity contribution in [2.75, 3.05) is 39.2 Å². The number of anilines is 1. The fourth-order valence-electron chi connectivity index (χ4n) is 2.03. The highest BCUT2D eigenvalue weighted by Gasteiger charge is 1.98. The van der Waals surface area contributed by atoms with Gasteiger partial charge in [0.15, 0.2) is 5.96 Å². The van der Waals surface area contributed by atoms with Gasteiger partial charge in [-0.25, -0.2) is 0 Å². The second-order valence-electron chi connectivity index (χ2n) is 5.18. The fraction of sp³-hybridized carbons (Fsp3) is 0.588. The number of benzene rings is 1. The molecule has 0 atom stereocenters. The molecule has 0 bridgehead atoms. The highest BCUT2D eigenvalue weighted by atomic mass is 16.5. The maximum atomic E-state index is 5.02. The lowest BCUT2D eigenvalue weighted by atomic mass is 10.2. The normalized spacial score (nSPS) is 11.3. The molecule has 0 fully saturated rings. The summed E-state index contributed by atoms with van der Waals surface area (Å²) in [5.41, 5.74) is 2.34. The molecule has 0 radical (unpaired) electrons. The summed E-state index contributed by atoms with van der Waals surface area (Å²) in [6.07, 6.45) is 3.67. The van der Waals surface area contributed by atoms with Crippen molar-refractivity contribution in [2.24, 2.45) is 4.99 Å². The van der Waals surface area contributed by atoms with Gasteiger partial charge in [0.25, 0.3) is 0 Å². The lowest BCUT2D eigenvalue weighted by Crippen LogP contribution is -2.37. The van der Waals surface area contributed by atoms with Crippen molar-refractivity contribution in [1.82, 2.24) is 10.6 Å². The molecule has 0 amide bonds. The van der Waals surface area contributed by atoms with Crippen molar-refractivity contribution in [1.29, 1.82) is 0 Å². The predicted molar refractivity (Wildman–Crippen MR) is 94.5 cm³/mol. The molecule has 0 heterocycles. The molecule has 5 heteroatoms. The van der Waals surface area contributed by atoms with Crippen LogP contribution >= 0.6 is 0 Å². The number of nitrogens with zero attached hydrogens (tertiary/aromatic N) is 1. The van der Waals surface area contributed by atoms with E-state index >= 15 is 0 Å². The molecule has 0 aromatic heterocycles. The Bertz CT molecular complexity index is 417. The van der Waals surface area contributed by atoms with Crippen LogP contribution in [0.15, 0.2) is 29.3 Å². The molecule has 1 rings (SSSR count). The molecule has 0 saturated heterocycles. The molecule has 5 nitrogen and oxygen atoms in total. The molecule has 1 aromatic carbocycles. The Hall–Kier alpha value is -1.75. The zero-order valence-electron chi connectivity index (χ0n) is 14.1. The third-order valence-corrected chi connectivity index (χ3v) is 3.35. The first-order valence-corrected chi connectivity index (χ1v) is 8.06. The highest BCUT2D eigenvalue weighted by molar-refractivity contribution is 5.79. The van der Waals surface area contributed by atoms with E-state index < -0.39 is 0 Å². The third-order valence-electron chi connectivity index (χ3n) is 3.35. The van der Waals surface area contributed by atoms with Crippen LogP contribution in [0.25, 0.3) is 0 Å². The van der Waals surface area contributed by atoms with Crippen LogP contribution in [-0.4, -0.2) is 39.8 Å². The zero-order chi connectivity index (χ0) is 16.0. The number of nitrogens with one attached hydrogen (secondary N) is 3. The molecule has 0 spiro atoms. The van der Waals surface area contributed by atoms with Crippen molar-refractivity contribution >= 4 is 11.6 Å². The molecule has 0 aliphatic rings. The third kappa shape index (κ3) is 7.88. The number of guanidine groups is 1. The van der Waals surface area contributed by atoms with Crippen LogP contribution in [0, 0.1) is 0 Å². The summed E-state index contributed by atoms with van der Waals surface area (Å²) in [6.45, 7) is 5.48.